The average molecular weight is 327 g/mol. The number of nitro groups is 1. The minimum absolute atomic E-state index is 0.221. The summed E-state index contributed by atoms with van der Waals surface area (Å²) in [4.78, 5) is 21.1. The van der Waals surface area contributed by atoms with E-state index in [1.165, 1.54) is 25.7 Å². The van der Waals surface area contributed by atoms with Crippen molar-refractivity contribution in [2.45, 2.75) is 96.8 Å². The van der Waals surface area contributed by atoms with Crippen LogP contribution >= 0.6 is 0 Å². The minimum atomic E-state index is -0.752. The molecule has 5 nitrogen and oxygen atoms in total. The van der Waals surface area contributed by atoms with Gasteiger partial charge in [-0.2, -0.15) is 0 Å². The topological polar surface area (TPSA) is 80.4 Å². The molecule has 0 aliphatic carbocycles. The van der Waals surface area contributed by atoms with Crippen molar-refractivity contribution in [1.82, 2.24) is 0 Å². The van der Waals surface area contributed by atoms with E-state index in [1.807, 2.05) is 0 Å². The number of nitrogens with zero attached hydrogens (tertiary/aromatic N) is 1. The van der Waals surface area contributed by atoms with Gasteiger partial charge in [0.05, 0.1) is 4.92 Å². The molecule has 0 bridgehead atoms. The molecular weight excluding hydrogens is 294 g/mol. The van der Waals surface area contributed by atoms with Crippen LogP contribution in [0.2, 0.25) is 0 Å². The van der Waals surface area contributed by atoms with Gasteiger partial charge < -0.3 is 5.11 Å². The van der Waals surface area contributed by atoms with E-state index in [2.05, 4.69) is 6.92 Å². The Kier molecular flexibility index (Phi) is 14.6. The third kappa shape index (κ3) is 15.3. The summed E-state index contributed by atoms with van der Waals surface area (Å²) >= 11 is 0. The Balaban J connectivity index is 3.70. The van der Waals surface area contributed by atoms with Crippen molar-refractivity contribution in [2.75, 3.05) is 0 Å². The second-order valence-electron chi connectivity index (χ2n) is 6.17. The fraction of sp³-hybridized carbons (Fsp3) is 0.833. The molecule has 0 fully saturated rings. The van der Waals surface area contributed by atoms with E-state index in [9.17, 15) is 14.9 Å². The summed E-state index contributed by atoms with van der Waals surface area (Å²) in [5.41, 5.74) is 0.351. The molecule has 23 heavy (non-hydrogen) atoms. The van der Waals surface area contributed by atoms with Gasteiger partial charge in [0.2, 0.25) is 5.70 Å². The molecular formula is C18H33NO4. The quantitative estimate of drug-likeness (QED) is 0.223. The monoisotopic (exact) mass is 327 g/mol. The highest BCUT2D eigenvalue weighted by Crippen LogP contribution is 2.14. The van der Waals surface area contributed by atoms with Crippen LogP contribution in [0.5, 0.6) is 0 Å². The maximum Gasteiger partial charge on any atom is 0.303 e. The molecule has 0 saturated carbocycles. The average Bonchev–Trinajstić information content (AvgIpc) is 2.50. The highest BCUT2D eigenvalue weighted by Gasteiger charge is 2.09. The molecule has 5 heteroatoms. The first-order valence-corrected chi connectivity index (χ1v) is 9.13. The van der Waals surface area contributed by atoms with Gasteiger partial charge in [-0.15, -0.1) is 0 Å². The molecule has 1 N–H and O–H groups in total. The summed E-state index contributed by atoms with van der Waals surface area (Å²) in [6, 6.07) is 0. The van der Waals surface area contributed by atoms with Crippen LogP contribution in [0, 0.1) is 10.1 Å². The van der Waals surface area contributed by atoms with E-state index in [4.69, 9.17) is 5.11 Å². The number of rotatable bonds is 16. The molecule has 0 spiro atoms. The van der Waals surface area contributed by atoms with Crippen molar-refractivity contribution in [2.24, 2.45) is 0 Å². The molecule has 0 heterocycles. The predicted molar refractivity (Wildman–Crippen MR) is 93.0 cm³/mol. The van der Waals surface area contributed by atoms with E-state index in [1.54, 1.807) is 6.08 Å². The largest absolute Gasteiger partial charge is 0.481 e. The molecule has 134 valence electrons. The SMILES string of the molecule is CCCCCCCC/C=C(/CCCCCCCC(=O)O)[N+](=O)[O-]. The molecule has 0 aromatic heterocycles. The Bertz CT molecular complexity index is 353. The number of hydrogen-bond acceptors (Lipinski definition) is 3. The fourth-order valence-electron chi connectivity index (χ4n) is 2.57. The molecule has 0 saturated heterocycles. The van der Waals surface area contributed by atoms with Crippen molar-refractivity contribution in [3.05, 3.63) is 21.9 Å². The highest BCUT2D eigenvalue weighted by molar-refractivity contribution is 5.66. The number of carbonyl (C=O) groups is 1. The van der Waals surface area contributed by atoms with Gasteiger partial charge in [-0.05, 0) is 31.8 Å². The van der Waals surface area contributed by atoms with Crippen LogP contribution in [-0.2, 0) is 4.79 Å². The molecule has 0 rings (SSSR count). The van der Waals surface area contributed by atoms with Crippen molar-refractivity contribution < 1.29 is 14.8 Å². The molecule has 0 aromatic carbocycles. The third-order valence-corrected chi connectivity index (χ3v) is 4.00. The first-order chi connectivity index (χ1) is 11.1. The van der Waals surface area contributed by atoms with Crippen LogP contribution < -0.4 is 0 Å². The molecule has 0 aliphatic rings. The lowest BCUT2D eigenvalue weighted by Crippen LogP contribution is -1.99. The second kappa shape index (κ2) is 15.5. The summed E-state index contributed by atoms with van der Waals surface area (Å²) in [7, 11) is 0. The maximum absolute atomic E-state index is 11.0. The Morgan fingerprint density at radius 2 is 1.43 bits per heavy atom. The first kappa shape index (κ1) is 21.6. The lowest BCUT2D eigenvalue weighted by atomic mass is 10.1. The number of unbranched alkanes of at least 4 members (excludes halogenated alkanes) is 10. The number of carboxylic acid groups (broad SMARTS) is 1. The van der Waals surface area contributed by atoms with Crippen LogP contribution in [0.1, 0.15) is 96.8 Å². The number of aliphatic carboxylic acids is 1. The van der Waals surface area contributed by atoms with E-state index in [0.29, 0.717) is 18.5 Å². The fourth-order valence-corrected chi connectivity index (χ4v) is 2.57. The van der Waals surface area contributed by atoms with Gasteiger partial charge in [-0.25, -0.2) is 0 Å². The minimum Gasteiger partial charge on any atom is -0.481 e. The molecule has 0 radical (unpaired) electrons. The molecule has 0 aliphatic heterocycles. The number of hydrogen-bond donors (Lipinski definition) is 1. The van der Waals surface area contributed by atoms with Crippen LogP contribution in [0.15, 0.2) is 11.8 Å². The third-order valence-electron chi connectivity index (χ3n) is 4.00. The van der Waals surface area contributed by atoms with E-state index < -0.39 is 5.97 Å². The lowest BCUT2D eigenvalue weighted by molar-refractivity contribution is -0.428. The summed E-state index contributed by atoms with van der Waals surface area (Å²) in [5, 5.41) is 19.5. The van der Waals surface area contributed by atoms with Crippen molar-refractivity contribution >= 4 is 5.97 Å². The van der Waals surface area contributed by atoms with Gasteiger partial charge in [-0.3, -0.25) is 14.9 Å². The van der Waals surface area contributed by atoms with Crippen LogP contribution in [0.3, 0.4) is 0 Å². The van der Waals surface area contributed by atoms with Crippen molar-refractivity contribution in [1.29, 1.82) is 0 Å². The van der Waals surface area contributed by atoms with Crippen LogP contribution in [-0.4, -0.2) is 16.0 Å². The van der Waals surface area contributed by atoms with Crippen LogP contribution in [0.4, 0.5) is 0 Å². The summed E-state index contributed by atoms with van der Waals surface area (Å²) in [6.45, 7) is 2.19. The summed E-state index contributed by atoms with van der Waals surface area (Å²) in [6.07, 6.45) is 14.9. The van der Waals surface area contributed by atoms with E-state index in [-0.39, 0.29) is 11.3 Å². The van der Waals surface area contributed by atoms with Crippen molar-refractivity contribution in [3.8, 4) is 0 Å². The second-order valence-corrected chi connectivity index (χ2v) is 6.17. The smallest absolute Gasteiger partial charge is 0.303 e. The van der Waals surface area contributed by atoms with Crippen LogP contribution in [0.25, 0.3) is 0 Å². The molecule has 0 aromatic rings. The van der Waals surface area contributed by atoms with Gasteiger partial charge >= 0.3 is 5.97 Å². The Labute approximate surface area is 140 Å². The zero-order chi connectivity index (χ0) is 17.3. The Hall–Kier alpha value is -1.39. The Morgan fingerprint density at radius 1 is 0.913 bits per heavy atom. The van der Waals surface area contributed by atoms with Gasteiger partial charge in [0.1, 0.15) is 0 Å². The molecule has 0 atom stereocenters. The van der Waals surface area contributed by atoms with Crippen molar-refractivity contribution in [3.63, 3.8) is 0 Å². The normalized spacial score (nSPS) is 11.6. The highest BCUT2D eigenvalue weighted by atomic mass is 16.6. The standard InChI is InChI=1S/C18H33NO4/c1-2-3-4-5-6-8-11-14-17(19(22)23)15-12-9-7-10-13-16-18(20)21/h14H,2-13,15-16H2,1H3,(H,20,21)/b17-14-. The Morgan fingerprint density at radius 3 is 2.00 bits per heavy atom. The van der Waals surface area contributed by atoms with Gasteiger partial charge in [0.25, 0.3) is 0 Å². The number of carboxylic acids is 1. The number of allylic oxidation sites excluding steroid dienone is 2. The van der Waals surface area contributed by atoms with E-state index in [0.717, 1.165) is 44.9 Å². The van der Waals surface area contributed by atoms with Gasteiger partial charge in [0.15, 0.2) is 0 Å². The molecule has 0 amide bonds. The summed E-state index contributed by atoms with van der Waals surface area (Å²) in [5.74, 6) is -0.752. The zero-order valence-electron chi connectivity index (χ0n) is 14.6. The maximum atomic E-state index is 11.0. The first-order valence-electron chi connectivity index (χ1n) is 9.13. The predicted octanol–water partition coefficient (Wildman–Crippen LogP) is 5.71. The van der Waals surface area contributed by atoms with E-state index >= 15 is 0 Å². The lowest BCUT2D eigenvalue weighted by Gasteiger charge is -2.01. The zero-order valence-corrected chi connectivity index (χ0v) is 14.6. The van der Waals surface area contributed by atoms with Gasteiger partial charge in [0, 0.05) is 12.8 Å². The summed E-state index contributed by atoms with van der Waals surface area (Å²) < 4.78 is 0. The van der Waals surface area contributed by atoms with Gasteiger partial charge in [-0.1, -0.05) is 58.3 Å². The molecule has 0 unspecified atom stereocenters.